The fourth-order valence-electron chi connectivity index (χ4n) is 2.85. The van der Waals surface area contributed by atoms with Crippen molar-refractivity contribution in [2.45, 2.75) is 0 Å². The van der Waals surface area contributed by atoms with Gasteiger partial charge in [-0.15, -0.1) is 0 Å². The molecule has 1 heterocycles. The Hall–Kier alpha value is -4.60. The van der Waals surface area contributed by atoms with E-state index in [0.717, 1.165) is 12.1 Å². The quantitative estimate of drug-likeness (QED) is 0.184. The minimum absolute atomic E-state index is 0.0971. The van der Waals surface area contributed by atoms with Gasteiger partial charge in [-0.2, -0.15) is 4.98 Å². The summed E-state index contributed by atoms with van der Waals surface area (Å²) in [5.41, 5.74) is 6.75. The zero-order chi connectivity index (χ0) is 23.4. The van der Waals surface area contributed by atoms with Crippen LogP contribution in [0.5, 0.6) is 5.75 Å². The lowest BCUT2D eigenvalue weighted by Crippen LogP contribution is -2.17. The topological polar surface area (TPSA) is 108 Å². The fourth-order valence-corrected chi connectivity index (χ4v) is 2.85. The fraction of sp³-hybridized carbons (Fsp3) is 0. The highest BCUT2D eigenvalue weighted by molar-refractivity contribution is 6.03. The average molecular weight is 450 g/mol. The highest BCUT2D eigenvalue weighted by atomic mass is 19.1. The first kappa shape index (κ1) is 21.6. The van der Waals surface area contributed by atoms with Gasteiger partial charge in [0.1, 0.15) is 28.9 Å². The smallest absolute Gasteiger partial charge is 0.229 e. The third-order valence-electron chi connectivity index (χ3n) is 4.46. The van der Waals surface area contributed by atoms with Crippen molar-refractivity contribution in [3.05, 3.63) is 95.9 Å². The van der Waals surface area contributed by atoms with Gasteiger partial charge < -0.3 is 21.5 Å². The zero-order valence-corrected chi connectivity index (χ0v) is 16.9. The van der Waals surface area contributed by atoms with E-state index in [9.17, 15) is 18.3 Å². The summed E-state index contributed by atoms with van der Waals surface area (Å²) in [7, 11) is 0. The Balaban J connectivity index is 1.73. The molecule has 0 saturated heterocycles. The Morgan fingerprint density at radius 1 is 0.848 bits per heavy atom. The Labute approximate surface area is 186 Å². The van der Waals surface area contributed by atoms with Crippen LogP contribution in [-0.4, -0.2) is 20.9 Å². The number of nitrogens with two attached hydrogens (primary N) is 1. The molecule has 0 bridgehead atoms. The largest absolute Gasteiger partial charge is 0.508 e. The highest BCUT2D eigenvalue weighted by Gasteiger charge is 2.15. The minimum atomic E-state index is -0.877. The van der Waals surface area contributed by atoms with Crippen LogP contribution in [-0.2, 0) is 0 Å². The summed E-state index contributed by atoms with van der Waals surface area (Å²) in [6.07, 6.45) is 1.33. The zero-order valence-electron chi connectivity index (χ0n) is 16.9. The van der Waals surface area contributed by atoms with E-state index in [2.05, 4.69) is 25.6 Å². The number of aliphatic imine (C=N–C) groups is 1. The number of phenolic OH excluding ortho intramolecular Hbond substituents is 1. The molecule has 0 fully saturated rings. The molecule has 166 valence electrons. The van der Waals surface area contributed by atoms with Crippen molar-refractivity contribution in [3.63, 3.8) is 0 Å². The van der Waals surface area contributed by atoms with Crippen LogP contribution in [0.15, 0.2) is 77.9 Å². The number of nitrogens with one attached hydrogen (secondary N) is 2. The number of anilines is 4. The van der Waals surface area contributed by atoms with Crippen LogP contribution in [0.3, 0.4) is 0 Å². The van der Waals surface area contributed by atoms with Gasteiger partial charge in [0.2, 0.25) is 5.95 Å². The predicted octanol–water partition coefficient (Wildman–Crippen LogP) is 5.12. The number of para-hydroxylation sites is 1. The van der Waals surface area contributed by atoms with Crippen molar-refractivity contribution in [2.75, 3.05) is 10.6 Å². The Kier molecular flexibility index (Phi) is 6.07. The number of aromatic nitrogens is 2. The Morgan fingerprint density at radius 2 is 1.45 bits per heavy atom. The first-order valence-corrected chi connectivity index (χ1v) is 9.63. The second-order valence-corrected chi connectivity index (χ2v) is 6.83. The lowest BCUT2D eigenvalue weighted by Gasteiger charge is -2.13. The van der Waals surface area contributed by atoms with Crippen molar-refractivity contribution in [1.82, 2.24) is 9.97 Å². The van der Waals surface area contributed by atoms with Gasteiger partial charge in [0, 0.05) is 17.6 Å². The molecule has 33 heavy (non-hydrogen) atoms. The number of amidine groups is 1. The van der Waals surface area contributed by atoms with E-state index in [-0.39, 0.29) is 28.9 Å². The maximum Gasteiger partial charge on any atom is 0.229 e. The van der Waals surface area contributed by atoms with E-state index >= 15 is 0 Å². The van der Waals surface area contributed by atoms with Crippen molar-refractivity contribution >= 4 is 34.7 Å². The number of rotatable bonds is 6. The van der Waals surface area contributed by atoms with E-state index in [4.69, 9.17) is 5.73 Å². The lowest BCUT2D eigenvalue weighted by molar-refractivity contribution is 0.475. The van der Waals surface area contributed by atoms with E-state index in [0.29, 0.717) is 11.4 Å². The summed E-state index contributed by atoms with van der Waals surface area (Å²) in [6.45, 7) is 0. The minimum Gasteiger partial charge on any atom is -0.508 e. The van der Waals surface area contributed by atoms with Crippen LogP contribution in [0.1, 0.15) is 5.56 Å². The van der Waals surface area contributed by atoms with E-state index in [1.54, 1.807) is 12.1 Å². The molecule has 7 nitrogen and oxygen atoms in total. The second-order valence-electron chi connectivity index (χ2n) is 6.83. The van der Waals surface area contributed by atoms with Crippen LogP contribution in [0.25, 0.3) is 0 Å². The van der Waals surface area contributed by atoms with Crippen LogP contribution in [0.2, 0.25) is 0 Å². The SMILES string of the molecule is NC(=Nc1c(F)cccc1F)c1cnc(Nc2ccc(O)cc2)nc1Nc1ccc(F)cc1. The van der Waals surface area contributed by atoms with Gasteiger partial charge in [-0.05, 0) is 60.7 Å². The first-order valence-electron chi connectivity index (χ1n) is 9.63. The van der Waals surface area contributed by atoms with Gasteiger partial charge in [-0.25, -0.2) is 23.1 Å². The molecule has 0 aliphatic carbocycles. The molecule has 0 unspecified atom stereocenters. The molecule has 0 aliphatic heterocycles. The standard InChI is InChI=1S/C23H17F3N6O/c24-13-4-6-14(7-5-13)29-22-17(21(27)31-20-18(25)2-1-3-19(20)26)12-28-23(32-22)30-15-8-10-16(33)11-9-15/h1-12,33H,(H2,27,31)(H2,28,29,30,32). The molecule has 0 spiro atoms. The summed E-state index contributed by atoms with van der Waals surface area (Å²) in [5, 5.41) is 15.4. The molecule has 4 rings (SSSR count). The van der Waals surface area contributed by atoms with Crippen LogP contribution >= 0.6 is 0 Å². The van der Waals surface area contributed by atoms with Crippen LogP contribution in [0, 0.1) is 17.5 Å². The molecule has 3 aromatic carbocycles. The summed E-state index contributed by atoms with van der Waals surface area (Å²) in [6, 6.07) is 15.0. The molecule has 1 aromatic heterocycles. The Morgan fingerprint density at radius 3 is 2.12 bits per heavy atom. The summed E-state index contributed by atoms with van der Waals surface area (Å²) in [5.74, 6) is -1.99. The predicted molar refractivity (Wildman–Crippen MR) is 120 cm³/mol. The second kappa shape index (κ2) is 9.27. The molecule has 10 heteroatoms. The van der Waals surface area contributed by atoms with Gasteiger partial charge >= 0.3 is 0 Å². The van der Waals surface area contributed by atoms with Gasteiger partial charge in [-0.3, -0.25) is 0 Å². The molecular formula is C23H17F3N6O. The van der Waals surface area contributed by atoms with Gasteiger partial charge in [0.15, 0.2) is 11.6 Å². The van der Waals surface area contributed by atoms with E-state index in [1.807, 2.05) is 0 Å². The number of benzene rings is 3. The lowest BCUT2D eigenvalue weighted by atomic mass is 10.2. The molecule has 0 radical (unpaired) electrons. The molecule has 0 saturated carbocycles. The molecule has 0 aliphatic rings. The number of hydrogen-bond donors (Lipinski definition) is 4. The molecule has 0 atom stereocenters. The van der Waals surface area contributed by atoms with Gasteiger partial charge in [-0.1, -0.05) is 6.07 Å². The summed E-state index contributed by atoms with van der Waals surface area (Å²) < 4.78 is 41.4. The summed E-state index contributed by atoms with van der Waals surface area (Å²) >= 11 is 0. The summed E-state index contributed by atoms with van der Waals surface area (Å²) in [4.78, 5) is 12.4. The Bertz CT molecular complexity index is 1290. The average Bonchev–Trinajstić information content (AvgIpc) is 2.79. The van der Waals surface area contributed by atoms with Crippen molar-refractivity contribution in [1.29, 1.82) is 0 Å². The van der Waals surface area contributed by atoms with Gasteiger partial charge in [0.25, 0.3) is 0 Å². The van der Waals surface area contributed by atoms with Gasteiger partial charge in [0.05, 0.1) is 5.56 Å². The van der Waals surface area contributed by atoms with Crippen molar-refractivity contribution < 1.29 is 18.3 Å². The highest BCUT2D eigenvalue weighted by Crippen LogP contribution is 2.26. The van der Waals surface area contributed by atoms with E-state index in [1.165, 1.54) is 48.7 Å². The maximum absolute atomic E-state index is 14.0. The number of phenols is 1. The third-order valence-corrected chi connectivity index (χ3v) is 4.46. The number of nitrogens with zero attached hydrogens (tertiary/aromatic N) is 3. The molecule has 4 aromatic rings. The number of hydrogen-bond acceptors (Lipinski definition) is 6. The normalized spacial score (nSPS) is 11.3. The number of halogens is 3. The number of aromatic hydroxyl groups is 1. The molecule has 0 amide bonds. The van der Waals surface area contributed by atoms with Crippen molar-refractivity contribution in [2.24, 2.45) is 10.7 Å². The molecule has 5 N–H and O–H groups in total. The third kappa shape index (κ3) is 5.18. The van der Waals surface area contributed by atoms with Crippen LogP contribution in [0.4, 0.5) is 42.0 Å². The van der Waals surface area contributed by atoms with Crippen LogP contribution < -0.4 is 16.4 Å². The monoisotopic (exact) mass is 450 g/mol. The van der Waals surface area contributed by atoms with Crippen molar-refractivity contribution in [3.8, 4) is 5.75 Å². The first-order chi connectivity index (χ1) is 15.9. The van der Waals surface area contributed by atoms with E-state index < -0.39 is 23.1 Å². The molecular weight excluding hydrogens is 433 g/mol. The maximum atomic E-state index is 14.0.